The van der Waals surface area contributed by atoms with E-state index >= 15 is 0 Å². The van der Waals surface area contributed by atoms with Gasteiger partial charge in [0.2, 0.25) is 5.88 Å². The number of ether oxygens (including phenoxy) is 2. The molecule has 2 rings (SSSR count). The highest BCUT2D eigenvalue weighted by atomic mass is 35.5. The number of anilines is 1. The van der Waals surface area contributed by atoms with Crippen LogP contribution in [-0.4, -0.2) is 35.1 Å². The van der Waals surface area contributed by atoms with E-state index in [4.69, 9.17) is 21.1 Å². The van der Waals surface area contributed by atoms with Crippen LogP contribution in [-0.2, 0) is 9.53 Å². The van der Waals surface area contributed by atoms with Crippen molar-refractivity contribution in [3.8, 4) is 5.88 Å². The summed E-state index contributed by atoms with van der Waals surface area (Å²) in [6, 6.07) is 6.30. The number of nitrogens with zero attached hydrogens (tertiary/aromatic N) is 2. The molecule has 120 valence electrons. The fourth-order valence-electron chi connectivity index (χ4n) is 1.67. The maximum Gasteiger partial charge on any atom is 0.344 e. The topological polar surface area (TPSA) is 90.4 Å². The molecule has 2 aromatic heterocycles. The van der Waals surface area contributed by atoms with Crippen LogP contribution in [0.2, 0.25) is 5.15 Å². The van der Waals surface area contributed by atoms with Gasteiger partial charge in [-0.2, -0.15) is 0 Å². The molecule has 2 heterocycles. The minimum atomic E-state index is -0.700. The molecule has 23 heavy (non-hydrogen) atoms. The molecule has 7 nitrogen and oxygen atoms in total. The van der Waals surface area contributed by atoms with Gasteiger partial charge in [0.05, 0.1) is 12.3 Å². The van der Waals surface area contributed by atoms with Gasteiger partial charge in [-0.3, -0.25) is 4.79 Å². The molecule has 0 aliphatic carbocycles. The molecule has 0 fully saturated rings. The summed E-state index contributed by atoms with van der Waals surface area (Å²) in [5.74, 6) is -1.07. The molecule has 0 aromatic carbocycles. The molecule has 0 atom stereocenters. The van der Waals surface area contributed by atoms with Gasteiger partial charge in [0.15, 0.2) is 11.8 Å². The number of nitrogens with one attached hydrogen (secondary N) is 1. The predicted octanol–water partition coefficient (Wildman–Crippen LogP) is 2.32. The second-order valence-corrected chi connectivity index (χ2v) is 4.61. The third-order valence-electron chi connectivity index (χ3n) is 2.64. The zero-order valence-corrected chi connectivity index (χ0v) is 13.0. The number of aromatic nitrogens is 2. The first-order valence-electron chi connectivity index (χ1n) is 6.77. The van der Waals surface area contributed by atoms with Gasteiger partial charge < -0.3 is 14.8 Å². The van der Waals surface area contributed by atoms with Crippen LogP contribution in [0.4, 0.5) is 5.69 Å². The Bertz CT molecular complexity index is 709. The van der Waals surface area contributed by atoms with E-state index < -0.39 is 18.5 Å². The second-order valence-electron chi connectivity index (χ2n) is 4.26. The zero-order chi connectivity index (χ0) is 16.7. The average molecular weight is 336 g/mol. The Morgan fingerprint density at radius 1 is 1.22 bits per heavy atom. The number of hydrogen-bond donors (Lipinski definition) is 1. The number of hydrogen-bond acceptors (Lipinski definition) is 6. The van der Waals surface area contributed by atoms with Crippen LogP contribution in [0.25, 0.3) is 0 Å². The van der Waals surface area contributed by atoms with E-state index in [-0.39, 0.29) is 16.6 Å². The Labute approximate surface area is 137 Å². The normalized spacial score (nSPS) is 10.0. The van der Waals surface area contributed by atoms with Crippen LogP contribution in [0.5, 0.6) is 5.88 Å². The van der Waals surface area contributed by atoms with Gasteiger partial charge in [-0.15, -0.1) is 0 Å². The summed E-state index contributed by atoms with van der Waals surface area (Å²) >= 11 is 5.82. The summed E-state index contributed by atoms with van der Waals surface area (Å²) < 4.78 is 10.2. The zero-order valence-electron chi connectivity index (χ0n) is 12.3. The van der Waals surface area contributed by atoms with Crippen LogP contribution in [0.1, 0.15) is 17.3 Å². The third kappa shape index (κ3) is 4.65. The third-order valence-corrected chi connectivity index (χ3v) is 2.94. The molecule has 1 amide bonds. The van der Waals surface area contributed by atoms with Crippen molar-refractivity contribution >= 4 is 29.2 Å². The molecule has 0 saturated heterocycles. The maximum atomic E-state index is 12.0. The summed E-state index contributed by atoms with van der Waals surface area (Å²) in [5.41, 5.74) is 0.494. The molecule has 2 aromatic rings. The van der Waals surface area contributed by atoms with E-state index in [1.165, 1.54) is 18.5 Å². The fourth-order valence-corrected chi connectivity index (χ4v) is 1.84. The van der Waals surface area contributed by atoms with Gasteiger partial charge >= 0.3 is 5.97 Å². The molecule has 0 saturated carbocycles. The van der Waals surface area contributed by atoms with Crippen molar-refractivity contribution in [2.75, 3.05) is 18.5 Å². The lowest BCUT2D eigenvalue weighted by Gasteiger charge is -2.09. The second kappa shape index (κ2) is 8.09. The number of carbonyl (C=O) groups is 2. The standard InChI is InChI=1S/C15H14ClN3O4/c1-2-22-14-10(5-3-8-18-14)15(21)23-9-12(20)19-11-6-4-7-17-13(11)16/h3-8H,2,9H2,1H3,(H,19,20). The van der Waals surface area contributed by atoms with Gasteiger partial charge in [0.1, 0.15) is 5.56 Å². The minimum Gasteiger partial charge on any atom is -0.477 e. The van der Waals surface area contributed by atoms with Crippen molar-refractivity contribution in [1.82, 2.24) is 9.97 Å². The van der Waals surface area contributed by atoms with Crippen molar-refractivity contribution in [3.63, 3.8) is 0 Å². The van der Waals surface area contributed by atoms with Crippen LogP contribution in [0.15, 0.2) is 36.7 Å². The molecule has 0 bridgehead atoms. The monoisotopic (exact) mass is 335 g/mol. The lowest BCUT2D eigenvalue weighted by atomic mass is 10.3. The highest BCUT2D eigenvalue weighted by molar-refractivity contribution is 6.32. The first kappa shape index (κ1) is 16.7. The smallest absolute Gasteiger partial charge is 0.344 e. The molecule has 0 spiro atoms. The average Bonchev–Trinajstić information content (AvgIpc) is 2.55. The molecule has 8 heteroatoms. The molecule has 0 unspecified atom stereocenters. The first-order chi connectivity index (χ1) is 11.1. The Balaban J connectivity index is 1.94. The number of pyridine rings is 2. The van der Waals surface area contributed by atoms with Crippen molar-refractivity contribution < 1.29 is 19.1 Å². The Kier molecular flexibility index (Phi) is 5.87. The molecule has 1 N–H and O–H groups in total. The highest BCUT2D eigenvalue weighted by Crippen LogP contribution is 2.18. The van der Waals surface area contributed by atoms with E-state index in [0.29, 0.717) is 12.3 Å². The van der Waals surface area contributed by atoms with E-state index in [1.807, 2.05) is 0 Å². The van der Waals surface area contributed by atoms with Crippen LogP contribution in [0, 0.1) is 0 Å². The molecule has 0 aliphatic heterocycles. The predicted molar refractivity (Wildman–Crippen MR) is 83.6 cm³/mol. The van der Waals surface area contributed by atoms with Crippen molar-refractivity contribution in [1.29, 1.82) is 0 Å². The number of rotatable bonds is 6. The van der Waals surface area contributed by atoms with Crippen LogP contribution < -0.4 is 10.1 Å². The first-order valence-corrected chi connectivity index (χ1v) is 7.15. The summed E-state index contributed by atoms with van der Waals surface area (Å²) in [6.45, 7) is 1.66. The van der Waals surface area contributed by atoms with E-state index in [9.17, 15) is 9.59 Å². The van der Waals surface area contributed by atoms with Gasteiger partial charge in [-0.05, 0) is 31.2 Å². The van der Waals surface area contributed by atoms with E-state index in [1.54, 1.807) is 25.1 Å². The lowest BCUT2D eigenvalue weighted by Crippen LogP contribution is -2.21. The molecule has 0 radical (unpaired) electrons. The lowest BCUT2D eigenvalue weighted by molar-refractivity contribution is -0.119. The quantitative estimate of drug-likeness (QED) is 0.643. The Morgan fingerprint density at radius 3 is 2.70 bits per heavy atom. The summed E-state index contributed by atoms with van der Waals surface area (Å²) in [6.07, 6.45) is 2.99. The van der Waals surface area contributed by atoms with E-state index in [2.05, 4.69) is 15.3 Å². The Hall–Kier alpha value is -2.67. The highest BCUT2D eigenvalue weighted by Gasteiger charge is 2.16. The van der Waals surface area contributed by atoms with E-state index in [0.717, 1.165) is 0 Å². The number of halogens is 1. The van der Waals surface area contributed by atoms with Crippen molar-refractivity contribution in [2.24, 2.45) is 0 Å². The summed E-state index contributed by atoms with van der Waals surface area (Å²) in [7, 11) is 0. The molecule has 0 aliphatic rings. The maximum absolute atomic E-state index is 12.0. The Morgan fingerprint density at radius 2 is 1.96 bits per heavy atom. The SMILES string of the molecule is CCOc1ncccc1C(=O)OCC(=O)Nc1cccnc1Cl. The minimum absolute atomic E-state index is 0.151. The molecular formula is C15H14ClN3O4. The van der Waals surface area contributed by atoms with Crippen LogP contribution >= 0.6 is 11.6 Å². The van der Waals surface area contributed by atoms with Gasteiger partial charge in [-0.25, -0.2) is 14.8 Å². The summed E-state index contributed by atoms with van der Waals surface area (Å²) in [5, 5.41) is 2.65. The van der Waals surface area contributed by atoms with Gasteiger partial charge in [0.25, 0.3) is 5.91 Å². The van der Waals surface area contributed by atoms with Crippen LogP contribution in [0.3, 0.4) is 0 Å². The van der Waals surface area contributed by atoms with Gasteiger partial charge in [0, 0.05) is 12.4 Å². The number of carbonyl (C=O) groups excluding carboxylic acids is 2. The fraction of sp³-hybridized carbons (Fsp3) is 0.200. The molecular weight excluding hydrogens is 322 g/mol. The van der Waals surface area contributed by atoms with Gasteiger partial charge in [-0.1, -0.05) is 11.6 Å². The largest absolute Gasteiger partial charge is 0.477 e. The van der Waals surface area contributed by atoms with Crippen molar-refractivity contribution in [2.45, 2.75) is 6.92 Å². The number of esters is 1. The summed E-state index contributed by atoms with van der Waals surface area (Å²) in [4.78, 5) is 31.6. The number of amides is 1. The van der Waals surface area contributed by atoms with Crippen molar-refractivity contribution in [3.05, 3.63) is 47.4 Å².